The minimum absolute atomic E-state index is 0.377. The fourth-order valence-electron chi connectivity index (χ4n) is 2.38. The Bertz CT molecular complexity index is 457. The molecular formula is C14H17NO2. The van der Waals surface area contributed by atoms with Crippen molar-refractivity contribution in [2.24, 2.45) is 4.99 Å². The van der Waals surface area contributed by atoms with E-state index in [9.17, 15) is 4.79 Å². The lowest BCUT2D eigenvalue weighted by molar-refractivity contribution is 0.246. The molecule has 0 unspecified atom stereocenters. The molecule has 0 aromatic heterocycles. The van der Waals surface area contributed by atoms with Gasteiger partial charge in [-0.25, -0.2) is 4.79 Å². The van der Waals surface area contributed by atoms with Crippen molar-refractivity contribution >= 4 is 6.08 Å². The van der Waals surface area contributed by atoms with E-state index in [0.717, 1.165) is 37.0 Å². The number of carbonyl (C=O) groups excluding carboxylic acids is 1. The lowest BCUT2D eigenvalue weighted by Crippen LogP contribution is -2.32. The highest BCUT2D eigenvalue weighted by atomic mass is 16.5. The fraction of sp³-hybridized carbons (Fsp3) is 0.500. The molecule has 1 saturated carbocycles. The number of methoxy groups -OCH3 is 1. The predicted molar refractivity (Wildman–Crippen MR) is 66.0 cm³/mol. The van der Waals surface area contributed by atoms with Gasteiger partial charge in [-0.05, 0) is 43.4 Å². The molecule has 90 valence electrons. The topological polar surface area (TPSA) is 38.7 Å². The summed E-state index contributed by atoms with van der Waals surface area (Å²) in [4.78, 5) is 14.6. The molecule has 0 saturated heterocycles. The maximum atomic E-state index is 10.6. The molecule has 1 aliphatic rings. The zero-order valence-corrected chi connectivity index (χ0v) is 10.3. The molecule has 0 aliphatic heterocycles. The van der Waals surface area contributed by atoms with Gasteiger partial charge in [-0.3, -0.25) is 0 Å². The number of isocyanates is 1. The number of hydrogen-bond donors (Lipinski definition) is 0. The Labute approximate surface area is 102 Å². The molecule has 0 bridgehead atoms. The predicted octanol–water partition coefficient (Wildman–Crippen LogP) is 2.97. The maximum absolute atomic E-state index is 10.6. The van der Waals surface area contributed by atoms with Crippen LogP contribution in [0.4, 0.5) is 0 Å². The molecular weight excluding hydrogens is 214 g/mol. The maximum Gasteiger partial charge on any atom is 0.235 e. The standard InChI is InChI=1S/C14H17NO2/c1-3-11-5-6-13(17-2)12(9-11)14(15-10-16)7-4-8-14/h5-6,9H,3-4,7-8H2,1-2H3. The van der Waals surface area contributed by atoms with Gasteiger partial charge in [0.1, 0.15) is 11.3 Å². The van der Waals surface area contributed by atoms with E-state index in [2.05, 4.69) is 24.0 Å². The minimum atomic E-state index is -0.377. The first-order valence-corrected chi connectivity index (χ1v) is 6.02. The number of aryl methyl sites for hydroxylation is 1. The van der Waals surface area contributed by atoms with Crippen LogP contribution < -0.4 is 4.74 Å². The molecule has 1 aromatic rings. The Kier molecular flexibility index (Phi) is 3.30. The van der Waals surface area contributed by atoms with Gasteiger partial charge in [-0.1, -0.05) is 13.0 Å². The van der Waals surface area contributed by atoms with E-state index in [1.807, 2.05) is 6.07 Å². The fourth-order valence-corrected chi connectivity index (χ4v) is 2.38. The Balaban J connectivity index is 2.51. The van der Waals surface area contributed by atoms with Gasteiger partial charge in [-0.15, -0.1) is 0 Å². The summed E-state index contributed by atoms with van der Waals surface area (Å²) in [5.41, 5.74) is 1.90. The van der Waals surface area contributed by atoms with E-state index in [0.29, 0.717) is 0 Å². The van der Waals surface area contributed by atoms with Crippen molar-refractivity contribution in [1.82, 2.24) is 0 Å². The summed E-state index contributed by atoms with van der Waals surface area (Å²) in [5.74, 6) is 0.820. The van der Waals surface area contributed by atoms with Gasteiger partial charge in [-0.2, -0.15) is 4.99 Å². The van der Waals surface area contributed by atoms with Crippen LogP contribution in [0.5, 0.6) is 5.75 Å². The lowest BCUT2D eigenvalue weighted by Gasteiger charge is -2.38. The Morgan fingerprint density at radius 1 is 1.47 bits per heavy atom. The third-order valence-corrected chi connectivity index (χ3v) is 3.61. The molecule has 3 nitrogen and oxygen atoms in total. The first-order chi connectivity index (χ1) is 8.25. The molecule has 3 heteroatoms. The highest BCUT2D eigenvalue weighted by Gasteiger charge is 2.41. The zero-order valence-electron chi connectivity index (χ0n) is 10.3. The first-order valence-electron chi connectivity index (χ1n) is 6.02. The lowest BCUT2D eigenvalue weighted by atomic mass is 9.71. The second kappa shape index (κ2) is 4.72. The highest BCUT2D eigenvalue weighted by Crippen LogP contribution is 2.48. The second-order valence-corrected chi connectivity index (χ2v) is 4.48. The van der Waals surface area contributed by atoms with E-state index in [1.165, 1.54) is 5.56 Å². The molecule has 0 radical (unpaired) electrons. The normalized spacial score (nSPS) is 16.8. The zero-order chi connectivity index (χ0) is 12.3. The molecule has 17 heavy (non-hydrogen) atoms. The molecule has 1 fully saturated rings. The summed E-state index contributed by atoms with van der Waals surface area (Å²) in [6.07, 6.45) is 5.61. The van der Waals surface area contributed by atoms with Crippen molar-refractivity contribution in [2.75, 3.05) is 7.11 Å². The van der Waals surface area contributed by atoms with Gasteiger partial charge in [0, 0.05) is 5.56 Å². The smallest absolute Gasteiger partial charge is 0.235 e. The molecule has 2 rings (SSSR count). The third-order valence-electron chi connectivity index (χ3n) is 3.61. The summed E-state index contributed by atoms with van der Waals surface area (Å²) in [6.45, 7) is 2.11. The summed E-state index contributed by atoms with van der Waals surface area (Å²) < 4.78 is 5.38. The molecule has 0 amide bonds. The number of aliphatic imine (C=N–C) groups is 1. The van der Waals surface area contributed by atoms with Crippen molar-refractivity contribution in [2.45, 2.75) is 38.1 Å². The van der Waals surface area contributed by atoms with Crippen LogP contribution in [-0.2, 0) is 16.8 Å². The molecule has 0 atom stereocenters. The SMILES string of the molecule is CCc1ccc(OC)c(C2(N=C=O)CCC2)c1. The van der Waals surface area contributed by atoms with Crippen LogP contribution in [-0.4, -0.2) is 13.2 Å². The number of nitrogens with zero attached hydrogens (tertiary/aromatic N) is 1. The average molecular weight is 231 g/mol. The van der Waals surface area contributed by atoms with Crippen LogP contribution in [0.25, 0.3) is 0 Å². The average Bonchev–Trinajstić information content (AvgIpc) is 2.33. The summed E-state index contributed by atoms with van der Waals surface area (Å²) in [6, 6.07) is 6.13. The Morgan fingerprint density at radius 3 is 2.71 bits per heavy atom. The van der Waals surface area contributed by atoms with Gasteiger partial charge in [0.05, 0.1) is 7.11 Å². The van der Waals surface area contributed by atoms with Crippen molar-refractivity contribution in [3.8, 4) is 5.75 Å². The van der Waals surface area contributed by atoms with Crippen LogP contribution in [0.3, 0.4) is 0 Å². The van der Waals surface area contributed by atoms with Crippen molar-refractivity contribution in [3.63, 3.8) is 0 Å². The van der Waals surface area contributed by atoms with Crippen molar-refractivity contribution < 1.29 is 9.53 Å². The van der Waals surface area contributed by atoms with Crippen LogP contribution in [0.15, 0.2) is 23.2 Å². The third kappa shape index (κ3) is 1.98. The van der Waals surface area contributed by atoms with E-state index < -0.39 is 0 Å². The van der Waals surface area contributed by atoms with Crippen molar-refractivity contribution in [3.05, 3.63) is 29.3 Å². The number of hydrogen-bond acceptors (Lipinski definition) is 3. The Hall–Kier alpha value is -1.60. The van der Waals surface area contributed by atoms with E-state index in [4.69, 9.17) is 4.74 Å². The summed E-state index contributed by atoms with van der Waals surface area (Å²) in [5, 5.41) is 0. The minimum Gasteiger partial charge on any atom is -0.496 e. The largest absolute Gasteiger partial charge is 0.496 e. The van der Waals surface area contributed by atoms with Gasteiger partial charge in [0.15, 0.2) is 0 Å². The monoisotopic (exact) mass is 231 g/mol. The molecule has 0 spiro atoms. The van der Waals surface area contributed by atoms with E-state index in [-0.39, 0.29) is 5.54 Å². The van der Waals surface area contributed by atoms with Crippen LogP contribution in [0, 0.1) is 0 Å². The number of benzene rings is 1. The molecule has 1 aliphatic carbocycles. The van der Waals surface area contributed by atoms with E-state index >= 15 is 0 Å². The Morgan fingerprint density at radius 2 is 2.24 bits per heavy atom. The quantitative estimate of drug-likeness (QED) is 0.590. The van der Waals surface area contributed by atoms with Gasteiger partial charge >= 0.3 is 0 Å². The molecule has 0 N–H and O–H groups in total. The summed E-state index contributed by atoms with van der Waals surface area (Å²) in [7, 11) is 1.65. The van der Waals surface area contributed by atoms with Crippen LogP contribution >= 0.6 is 0 Å². The highest BCUT2D eigenvalue weighted by molar-refractivity contribution is 5.47. The number of rotatable bonds is 4. The van der Waals surface area contributed by atoms with Gasteiger partial charge < -0.3 is 4.74 Å². The van der Waals surface area contributed by atoms with Crippen LogP contribution in [0.1, 0.15) is 37.3 Å². The summed E-state index contributed by atoms with van der Waals surface area (Å²) >= 11 is 0. The van der Waals surface area contributed by atoms with Crippen LogP contribution in [0.2, 0.25) is 0 Å². The molecule has 0 heterocycles. The van der Waals surface area contributed by atoms with Gasteiger partial charge in [0.25, 0.3) is 0 Å². The second-order valence-electron chi connectivity index (χ2n) is 4.48. The van der Waals surface area contributed by atoms with Gasteiger partial charge in [0.2, 0.25) is 6.08 Å². The molecule has 1 aromatic carbocycles. The van der Waals surface area contributed by atoms with Crippen molar-refractivity contribution in [1.29, 1.82) is 0 Å². The number of ether oxygens (including phenoxy) is 1. The van der Waals surface area contributed by atoms with E-state index in [1.54, 1.807) is 13.2 Å². The first kappa shape index (κ1) is 11.9.